The summed E-state index contributed by atoms with van der Waals surface area (Å²) in [6.45, 7) is 2.44. The molecule has 0 spiro atoms. The fourth-order valence-corrected chi connectivity index (χ4v) is 4.66. The Morgan fingerprint density at radius 3 is 2.86 bits per heavy atom. The van der Waals surface area contributed by atoms with E-state index in [2.05, 4.69) is 23.2 Å². The number of nitrogens with two attached hydrogens (primary N) is 1. The minimum Gasteiger partial charge on any atom is -0.351 e. The first-order chi connectivity index (χ1) is 10.7. The predicted octanol–water partition coefficient (Wildman–Crippen LogP) is 4.13. The molecule has 2 N–H and O–H groups in total. The van der Waals surface area contributed by atoms with E-state index in [1.54, 1.807) is 23.1 Å². The van der Waals surface area contributed by atoms with Crippen LogP contribution in [0, 0.1) is 0 Å². The van der Waals surface area contributed by atoms with Gasteiger partial charge in [0.25, 0.3) is 0 Å². The zero-order chi connectivity index (χ0) is 15.5. The number of aryl methyl sites for hydroxylation is 1. The van der Waals surface area contributed by atoms with Gasteiger partial charge in [-0.15, -0.1) is 0 Å². The van der Waals surface area contributed by atoms with Gasteiger partial charge in [-0.2, -0.15) is 0 Å². The lowest BCUT2D eigenvalue weighted by Crippen LogP contribution is -2.35. The van der Waals surface area contributed by atoms with Gasteiger partial charge in [-0.05, 0) is 31.9 Å². The van der Waals surface area contributed by atoms with E-state index in [-0.39, 0.29) is 0 Å². The lowest BCUT2D eigenvalue weighted by atomic mass is 10.1. The Labute approximate surface area is 138 Å². The van der Waals surface area contributed by atoms with Crippen LogP contribution in [-0.2, 0) is 6.42 Å². The Morgan fingerprint density at radius 1 is 1.41 bits per heavy atom. The molecule has 0 atom stereocenters. The van der Waals surface area contributed by atoms with Gasteiger partial charge in [0.15, 0.2) is 5.13 Å². The minimum absolute atomic E-state index is 0.449. The highest BCUT2D eigenvalue weighted by molar-refractivity contribution is 8.08. The number of carbonyl (C=O) groups excluding carboxylic acids is 1. The average molecular weight is 331 g/mol. The van der Waals surface area contributed by atoms with Gasteiger partial charge < -0.3 is 5.73 Å². The van der Waals surface area contributed by atoms with Crippen molar-refractivity contribution in [1.82, 2.24) is 4.98 Å². The number of anilines is 1. The number of thiazole rings is 1. The molecule has 0 saturated heterocycles. The zero-order valence-corrected chi connectivity index (χ0v) is 13.9. The summed E-state index contributed by atoms with van der Waals surface area (Å²) in [5, 5.41) is 0.696. The summed E-state index contributed by atoms with van der Waals surface area (Å²) in [4.78, 5) is 21.2. The van der Waals surface area contributed by atoms with E-state index in [0.29, 0.717) is 11.7 Å². The summed E-state index contributed by atoms with van der Waals surface area (Å²) in [5.41, 5.74) is 6.50. The maximum atomic E-state index is 11.5. The third-order valence-corrected chi connectivity index (χ3v) is 5.79. The molecule has 0 aliphatic heterocycles. The van der Waals surface area contributed by atoms with Crippen molar-refractivity contribution < 1.29 is 4.79 Å². The Balaban J connectivity index is 1.90. The molecule has 0 bridgehead atoms. The molecule has 1 aliphatic rings. The molecule has 114 valence electrons. The van der Waals surface area contributed by atoms with E-state index in [0.717, 1.165) is 23.4 Å². The normalized spacial score (nSPS) is 13.4. The second-order valence-corrected chi connectivity index (χ2v) is 6.97. The third kappa shape index (κ3) is 3.03. The number of urea groups is 1. The monoisotopic (exact) mass is 331 g/mol. The lowest BCUT2D eigenvalue weighted by Gasteiger charge is -2.13. The Kier molecular flexibility index (Phi) is 4.49. The number of carbonyl (C=O) groups is 1. The number of benzene rings is 1. The van der Waals surface area contributed by atoms with Crippen LogP contribution in [0.4, 0.5) is 9.93 Å². The molecule has 0 saturated carbocycles. The largest absolute Gasteiger partial charge is 0.351 e. The number of aromatic nitrogens is 1. The van der Waals surface area contributed by atoms with E-state index in [9.17, 15) is 4.79 Å². The summed E-state index contributed by atoms with van der Waals surface area (Å²) >= 11 is 3.29. The van der Waals surface area contributed by atoms with E-state index in [1.165, 1.54) is 14.7 Å². The molecule has 22 heavy (non-hydrogen) atoms. The van der Waals surface area contributed by atoms with Crippen LogP contribution in [0.3, 0.4) is 0 Å². The molecular weight excluding hydrogens is 314 g/mol. The highest BCUT2D eigenvalue weighted by Crippen LogP contribution is 2.43. The first-order valence-corrected chi connectivity index (χ1v) is 8.82. The summed E-state index contributed by atoms with van der Waals surface area (Å²) in [6, 6.07) is 9.84. The molecule has 2 amide bonds. The summed E-state index contributed by atoms with van der Waals surface area (Å²) in [5.74, 6) is 0. The molecule has 1 aromatic heterocycles. The zero-order valence-electron chi connectivity index (χ0n) is 12.3. The van der Waals surface area contributed by atoms with Crippen LogP contribution in [0.5, 0.6) is 0 Å². The molecule has 0 radical (unpaired) electrons. The number of rotatable bonds is 4. The fourth-order valence-electron chi connectivity index (χ4n) is 2.34. The first kappa shape index (κ1) is 15.1. The topological polar surface area (TPSA) is 59.2 Å². The van der Waals surface area contributed by atoms with E-state index in [4.69, 9.17) is 5.73 Å². The van der Waals surface area contributed by atoms with Crippen molar-refractivity contribution in [3.8, 4) is 0 Å². The van der Waals surface area contributed by atoms with Crippen LogP contribution in [0.25, 0.3) is 4.91 Å². The van der Waals surface area contributed by atoms with Gasteiger partial charge in [0.1, 0.15) is 0 Å². The number of allylic oxidation sites excluding steroid dienone is 1. The van der Waals surface area contributed by atoms with Crippen molar-refractivity contribution >= 4 is 39.2 Å². The van der Waals surface area contributed by atoms with Crippen molar-refractivity contribution in [2.24, 2.45) is 5.73 Å². The molecule has 3 rings (SSSR count). The van der Waals surface area contributed by atoms with Gasteiger partial charge in [-0.1, -0.05) is 47.4 Å². The fraction of sp³-hybridized carbons (Fsp3) is 0.250. The maximum absolute atomic E-state index is 11.5. The SMILES string of the molecule is CCN(C(N)=O)c1nc2c(s1)C(Sc1ccccc1)=CCC2. The van der Waals surface area contributed by atoms with Gasteiger partial charge >= 0.3 is 6.03 Å². The molecule has 1 aromatic carbocycles. The molecule has 4 nitrogen and oxygen atoms in total. The second-order valence-electron chi connectivity index (χ2n) is 4.88. The second kappa shape index (κ2) is 6.54. The lowest BCUT2D eigenvalue weighted by molar-refractivity contribution is 0.254. The Hall–Kier alpha value is -1.79. The Bertz CT molecular complexity index is 709. The first-order valence-electron chi connectivity index (χ1n) is 7.19. The van der Waals surface area contributed by atoms with Crippen LogP contribution in [0.1, 0.15) is 23.9 Å². The summed E-state index contributed by atoms with van der Waals surface area (Å²) in [6.07, 6.45) is 4.15. The number of primary amides is 1. The molecule has 1 aliphatic carbocycles. The van der Waals surface area contributed by atoms with Gasteiger partial charge in [0.2, 0.25) is 0 Å². The van der Waals surface area contributed by atoms with E-state index in [1.807, 2.05) is 25.1 Å². The average Bonchev–Trinajstić information content (AvgIpc) is 2.93. The van der Waals surface area contributed by atoms with E-state index >= 15 is 0 Å². The van der Waals surface area contributed by atoms with Gasteiger partial charge in [-0.3, -0.25) is 4.90 Å². The number of fused-ring (bicyclic) bond motifs is 1. The third-order valence-electron chi connectivity index (χ3n) is 3.40. The van der Waals surface area contributed by atoms with Crippen molar-refractivity contribution in [2.45, 2.75) is 24.7 Å². The number of hydrogen-bond acceptors (Lipinski definition) is 4. The number of hydrogen-bond donors (Lipinski definition) is 1. The molecular formula is C16H17N3OS2. The van der Waals surface area contributed by atoms with Crippen molar-refractivity contribution in [3.05, 3.63) is 47.0 Å². The maximum Gasteiger partial charge on any atom is 0.321 e. The van der Waals surface area contributed by atoms with Gasteiger partial charge in [-0.25, -0.2) is 9.78 Å². The molecule has 2 aromatic rings. The predicted molar refractivity (Wildman–Crippen MR) is 93.3 cm³/mol. The van der Waals surface area contributed by atoms with Crippen LogP contribution in [0.2, 0.25) is 0 Å². The molecule has 0 fully saturated rings. The van der Waals surface area contributed by atoms with Crippen molar-refractivity contribution in [3.63, 3.8) is 0 Å². The molecule has 0 unspecified atom stereocenters. The van der Waals surface area contributed by atoms with Crippen LogP contribution in [-0.4, -0.2) is 17.6 Å². The molecule has 1 heterocycles. The number of nitrogens with zero attached hydrogens (tertiary/aromatic N) is 2. The van der Waals surface area contributed by atoms with Crippen LogP contribution < -0.4 is 10.6 Å². The van der Waals surface area contributed by atoms with Gasteiger partial charge in [0, 0.05) is 16.3 Å². The van der Waals surface area contributed by atoms with E-state index < -0.39 is 6.03 Å². The smallest absolute Gasteiger partial charge is 0.321 e. The summed E-state index contributed by atoms with van der Waals surface area (Å²) < 4.78 is 0. The molecule has 6 heteroatoms. The summed E-state index contributed by atoms with van der Waals surface area (Å²) in [7, 11) is 0. The quantitative estimate of drug-likeness (QED) is 0.916. The highest BCUT2D eigenvalue weighted by atomic mass is 32.2. The van der Waals surface area contributed by atoms with Crippen LogP contribution in [0.15, 0.2) is 41.3 Å². The van der Waals surface area contributed by atoms with Crippen LogP contribution >= 0.6 is 23.1 Å². The standard InChI is InChI=1S/C16H17N3OS2/c1-2-19(15(17)20)16-18-12-9-6-10-13(14(12)22-16)21-11-7-4-3-5-8-11/h3-5,7-8,10H,2,6,9H2,1H3,(H2,17,20). The minimum atomic E-state index is -0.449. The Morgan fingerprint density at radius 2 is 2.18 bits per heavy atom. The van der Waals surface area contributed by atoms with Crippen molar-refractivity contribution in [2.75, 3.05) is 11.4 Å². The highest BCUT2D eigenvalue weighted by Gasteiger charge is 2.23. The number of amides is 2. The van der Waals surface area contributed by atoms with Gasteiger partial charge in [0.05, 0.1) is 10.6 Å². The van der Waals surface area contributed by atoms with Crippen molar-refractivity contribution in [1.29, 1.82) is 0 Å². The number of thioether (sulfide) groups is 1.